The summed E-state index contributed by atoms with van der Waals surface area (Å²) in [5.74, 6) is -0.207. The normalized spacial score (nSPS) is 25.6. The standard InChI is InChI=1S/C14H19ClFN/c1-14(7-3-2-4-8-17-14)10-11-9-12(16)5-6-13(11)15/h5-6,9,17H,2-4,7-8,10H2,1H3. The van der Waals surface area contributed by atoms with E-state index in [-0.39, 0.29) is 11.4 Å². The highest BCUT2D eigenvalue weighted by atomic mass is 35.5. The molecule has 1 unspecified atom stereocenters. The molecule has 1 saturated heterocycles. The molecule has 1 aromatic carbocycles. The predicted molar refractivity (Wildman–Crippen MR) is 70.0 cm³/mol. The Bertz CT molecular complexity index is 384. The summed E-state index contributed by atoms with van der Waals surface area (Å²) in [6.07, 6.45) is 5.66. The number of halogens is 2. The quantitative estimate of drug-likeness (QED) is 0.844. The van der Waals surface area contributed by atoms with Crippen molar-refractivity contribution in [1.82, 2.24) is 5.32 Å². The van der Waals surface area contributed by atoms with Gasteiger partial charge in [0.15, 0.2) is 0 Å². The van der Waals surface area contributed by atoms with Crippen LogP contribution in [0.5, 0.6) is 0 Å². The lowest BCUT2D eigenvalue weighted by Crippen LogP contribution is -2.43. The second kappa shape index (κ2) is 5.36. The van der Waals surface area contributed by atoms with Crippen molar-refractivity contribution in [1.29, 1.82) is 0 Å². The summed E-state index contributed by atoms with van der Waals surface area (Å²) in [4.78, 5) is 0. The van der Waals surface area contributed by atoms with Crippen molar-refractivity contribution in [2.24, 2.45) is 0 Å². The van der Waals surface area contributed by atoms with Gasteiger partial charge in [0.25, 0.3) is 0 Å². The van der Waals surface area contributed by atoms with Crippen molar-refractivity contribution in [2.75, 3.05) is 6.54 Å². The molecule has 0 aromatic heterocycles. The van der Waals surface area contributed by atoms with Crippen LogP contribution in [0.15, 0.2) is 18.2 Å². The average Bonchev–Trinajstić information content (AvgIpc) is 2.49. The molecule has 0 radical (unpaired) electrons. The van der Waals surface area contributed by atoms with Crippen LogP contribution in [-0.2, 0) is 6.42 Å². The fourth-order valence-electron chi connectivity index (χ4n) is 2.55. The van der Waals surface area contributed by atoms with Gasteiger partial charge in [0.2, 0.25) is 0 Å². The molecule has 1 aromatic rings. The zero-order chi connectivity index (χ0) is 12.3. The average molecular weight is 256 g/mol. The summed E-state index contributed by atoms with van der Waals surface area (Å²) in [5.41, 5.74) is 0.956. The van der Waals surface area contributed by atoms with E-state index in [1.54, 1.807) is 12.1 Å². The van der Waals surface area contributed by atoms with Crippen molar-refractivity contribution < 1.29 is 4.39 Å². The molecule has 1 N–H and O–H groups in total. The minimum Gasteiger partial charge on any atom is -0.311 e. The van der Waals surface area contributed by atoms with E-state index in [4.69, 9.17) is 11.6 Å². The highest BCUT2D eigenvalue weighted by molar-refractivity contribution is 6.31. The second-order valence-electron chi connectivity index (χ2n) is 5.21. The molecule has 1 fully saturated rings. The van der Waals surface area contributed by atoms with Gasteiger partial charge in [0.1, 0.15) is 5.82 Å². The summed E-state index contributed by atoms with van der Waals surface area (Å²) >= 11 is 6.12. The molecular weight excluding hydrogens is 237 g/mol. The minimum atomic E-state index is -0.207. The molecule has 1 aliphatic rings. The number of benzene rings is 1. The number of nitrogens with one attached hydrogen (secondary N) is 1. The third-order valence-corrected chi connectivity index (χ3v) is 3.91. The molecule has 94 valence electrons. The van der Waals surface area contributed by atoms with Crippen molar-refractivity contribution in [3.05, 3.63) is 34.6 Å². The minimum absolute atomic E-state index is 0.0495. The number of hydrogen-bond acceptors (Lipinski definition) is 1. The van der Waals surface area contributed by atoms with Crippen molar-refractivity contribution >= 4 is 11.6 Å². The third-order valence-electron chi connectivity index (χ3n) is 3.55. The number of hydrogen-bond donors (Lipinski definition) is 1. The van der Waals surface area contributed by atoms with Gasteiger partial charge < -0.3 is 5.32 Å². The molecule has 0 bridgehead atoms. The SMILES string of the molecule is CC1(Cc2cc(F)ccc2Cl)CCCCCN1. The van der Waals surface area contributed by atoms with E-state index < -0.39 is 0 Å². The highest BCUT2D eigenvalue weighted by Crippen LogP contribution is 2.27. The third kappa shape index (κ3) is 3.43. The van der Waals surface area contributed by atoms with Crippen molar-refractivity contribution in [3.8, 4) is 0 Å². The van der Waals surface area contributed by atoms with E-state index in [9.17, 15) is 4.39 Å². The van der Waals surface area contributed by atoms with Gasteiger partial charge in [-0.05, 0) is 56.5 Å². The molecule has 1 aliphatic heterocycles. The van der Waals surface area contributed by atoms with Gasteiger partial charge >= 0.3 is 0 Å². The number of rotatable bonds is 2. The summed E-state index contributed by atoms with van der Waals surface area (Å²) < 4.78 is 13.2. The molecule has 0 amide bonds. The summed E-state index contributed by atoms with van der Waals surface area (Å²) in [6, 6.07) is 4.61. The van der Waals surface area contributed by atoms with Crippen LogP contribution in [0.1, 0.15) is 38.2 Å². The van der Waals surface area contributed by atoms with E-state index in [1.165, 1.54) is 25.3 Å². The van der Waals surface area contributed by atoms with Crippen LogP contribution in [0.2, 0.25) is 5.02 Å². The monoisotopic (exact) mass is 255 g/mol. The Morgan fingerprint density at radius 3 is 3.00 bits per heavy atom. The molecule has 0 spiro atoms. The first-order valence-electron chi connectivity index (χ1n) is 6.28. The molecular formula is C14H19ClFN. The topological polar surface area (TPSA) is 12.0 Å². The Morgan fingerprint density at radius 1 is 1.35 bits per heavy atom. The van der Waals surface area contributed by atoms with Gasteiger partial charge in [-0.25, -0.2) is 4.39 Å². The Balaban J connectivity index is 2.15. The van der Waals surface area contributed by atoms with E-state index in [1.807, 2.05) is 0 Å². The van der Waals surface area contributed by atoms with Gasteiger partial charge in [-0.1, -0.05) is 24.4 Å². The van der Waals surface area contributed by atoms with Crippen LogP contribution in [-0.4, -0.2) is 12.1 Å². The Morgan fingerprint density at radius 2 is 2.18 bits per heavy atom. The maximum atomic E-state index is 13.2. The van der Waals surface area contributed by atoms with Crippen molar-refractivity contribution in [3.63, 3.8) is 0 Å². The highest BCUT2D eigenvalue weighted by Gasteiger charge is 2.26. The zero-order valence-corrected chi connectivity index (χ0v) is 11.0. The van der Waals surface area contributed by atoms with E-state index in [0.717, 1.165) is 24.9 Å². The van der Waals surface area contributed by atoms with Crippen LogP contribution >= 0.6 is 11.6 Å². The van der Waals surface area contributed by atoms with Crippen LogP contribution < -0.4 is 5.32 Å². The smallest absolute Gasteiger partial charge is 0.123 e. The Kier molecular flexibility index (Phi) is 4.05. The summed E-state index contributed by atoms with van der Waals surface area (Å²) in [7, 11) is 0. The van der Waals surface area contributed by atoms with Gasteiger partial charge in [-0.15, -0.1) is 0 Å². The van der Waals surface area contributed by atoms with Gasteiger partial charge in [-0.3, -0.25) is 0 Å². The summed E-state index contributed by atoms with van der Waals surface area (Å²) in [6.45, 7) is 3.25. The van der Waals surface area contributed by atoms with Crippen LogP contribution in [0.25, 0.3) is 0 Å². The Hall–Kier alpha value is -0.600. The second-order valence-corrected chi connectivity index (χ2v) is 5.62. The molecule has 3 heteroatoms. The van der Waals surface area contributed by atoms with Gasteiger partial charge in [-0.2, -0.15) is 0 Å². The first kappa shape index (κ1) is 12.8. The fourth-order valence-corrected chi connectivity index (χ4v) is 2.73. The molecule has 0 aliphatic carbocycles. The molecule has 1 atom stereocenters. The molecule has 0 saturated carbocycles. The van der Waals surface area contributed by atoms with E-state index in [2.05, 4.69) is 12.2 Å². The van der Waals surface area contributed by atoms with Crippen LogP contribution in [0.4, 0.5) is 4.39 Å². The van der Waals surface area contributed by atoms with Crippen molar-refractivity contribution in [2.45, 2.75) is 44.6 Å². The van der Waals surface area contributed by atoms with Crippen LogP contribution in [0.3, 0.4) is 0 Å². The first-order valence-corrected chi connectivity index (χ1v) is 6.66. The lowest BCUT2D eigenvalue weighted by molar-refractivity contribution is 0.345. The molecule has 17 heavy (non-hydrogen) atoms. The maximum absolute atomic E-state index is 13.2. The predicted octanol–water partition coefficient (Wildman–Crippen LogP) is 3.94. The molecule has 2 rings (SSSR count). The van der Waals surface area contributed by atoms with Gasteiger partial charge in [0, 0.05) is 10.6 Å². The largest absolute Gasteiger partial charge is 0.311 e. The van der Waals surface area contributed by atoms with E-state index >= 15 is 0 Å². The fraction of sp³-hybridized carbons (Fsp3) is 0.571. The zero-order valence-electron chi connectivity index (χ0n) is 10.2. The lowest BCUT2D eigenvalue weighted by atomic mass is 9.88. The maximum Gasteiger partial charge on any atom is 0.123 e. The van der Waals surface area contributed by atoms with Gasteiger partial charge in [0.05, 0.1) is 0 Å². The summed E-state index contributed by atoms with van der Waals surface area (Å²) in [5, 5.41) is 4.24. The lowest BCUT2D eigenvalue weighted by Gasteiger charge is -2.30. The van der Waals surface area contributed by atoms with Crippen LogP contribution in [0, 0.1) is 5.82 Å². The van der Waals surface area contributed by atoms with E-state index in [0.29, 0.717) is 5.02 Å². The Labute approximate surface area is 107 Å². The molecule has 1 heterocycles. The first-order chi connectivity index (χ1) is 8.09. The molecule has 1 nitrogen and oxygen atoms in total.